The summed E-state index contributed by atoms with van der Waals surface area (Å²) in [5.41, 5.74) is 8.92. The molecule has 59 heavy (non-hydrogen) atoms. The van der Waals surface area contributed by atoms with Gasteiger partial charge in [-0.15, -0.1) is 0 Å². The van der Waals surface area contributed by atoms with Crippen LogP contribution in [0.3, 0.4) is 0 Å². The van der Waals surface area contributed by atoms with Gasteiger partial charge in [0.05, 0.1) is 0 Å². The Morgan fingerprint density at radius 2 is 1.00 bits per heavy atom. The highest BCUT2D eigenvalue weighted by atomic mass is 16.3. The van der Waals surface area contributed by atoms with E-state index < -0.39 is 0 Å². The standard InChI is InChI=1S/C55H35N3O/c1-3-16-34(17-4-1)53-56-54(35-18-5-2-6-19-35)58-55(57-53)45-28-15-29-50-51(45)49-33-38(46-30-36-20-7-9-22-39(36)41-24-11-13-26-43(41)46)32-48(52(49)59-50)47-31-37-21-8-10-23-40(37)42-25-12-14-27-44(42)47/h1,3-5,7-33H,2,6H2. The summed E-state index contributed by atoms with van der Waals surface area (Å²) in [6.45, 7) is 0. The molecule has 0 atom stereocenters. The smallest absolute Gasteiger partial charge is 0.164 e. The van der Waals surface area contributed by atoms with Gasteiger partial charge in [-0.05, 0) is 103 Å². The van der Waals surface area contributed by atoms with Gasteiger partial charge in [0.25, 0.3) is 0 Å². The predicted octanol–water partition coefficient (Wildman–Crippen LogP) is 14.8. The summed E-state index contributed by atoms with van der Waals surface area (Å²) in [4.78, 5) is 15.5. The molecule has 0 saturated heterocycles. The highest BCUT2D eigenvalue weighted by molar-refractivity contribution is 6.22. The van der Waals surface area contributed by atoms with Gasteiger partial charge in [-0.3, -0.25) is 0 Å². The first-order chi connectivity index (χ1) is 29.2. The molecule has 1 aliphatic rings. The lowest BCUT2D eigenvalue weighted by Gasteiger charge is -2.15. The Bertz CT molecular complexity index is 3560. The number of aromatic nitrogens is 3. The summed E-state index contributed by atoms with van der Waals surface area (Å²) < 4.78 is 7.08. The van der Waals surface area contributed by atoms with Crippen molar-refractivity contribution in [3.63, 3.8) is 0 Å². The lowest BCUT2D eigenvalue weighted by molar-refractivity contribution is 0.670. The zero-order valence-electron chi connectivity index (χ0n) is 32.1. The molecule has 1 aliphatic carbocycles. The molecule has 2 heterocycles. The van der Waals surface area contributed by atoms with E-state index in [0.717, 1.165) is 68.2 Å². The summed E-state index contributed by atoms with van der Waals surface area (Å²) in [7, 11) is 0. The molecule has 0 aliphatic heterocycles. The molecule has 12 rings (SSSR count). The molecule has 0 amide bonds. The molecular weight excluding hydrogens is 719 g/mol. The molecule has 0 spiro atoms. The third-order valence-corrected chi connectivity index (χ3v) is 11.9. The van der Waals surface area contributed by atoms with Crippen LogP contribution < -0.4 is 0 Å². The molecule has 276 valence electrons. The number of hydrogen-bond acceptors (Lipinski definition) is 4. The molecule has 11 aromatic rings. The van der Waals surface area contributed by atoms with Crippen LogP contribution in [0.15, 0.2) is 193 Å². The molecular formula is C55H35N3O. The van der Waals surface area contributed by atoms with Crippen molar-refractivity contribution in [2.75, 3.05) is 0 Å². The van der Waals surface area contributed by atoms with Crippen LogP contribution in [-0.4, -0.2) is 15.0 Å². The summed E-state index contributed by atoms with van der Waals surface area (Å²) in [5.74, 6) is 1.92. The summed E-state index contributed by atoms with van der Waals surface area (Å²) >= 11 is 0. The van der Waals surface area contributed by atoms with E-state index in [9.17, 15) is 0 Å². The second-order valence-corrected chi connectivity index (χ2v) is 15.4. The number of nitrogens with zero attached hydrogens (tertiary/aromatic N) is 3. The fraction of sp³-hybridized carbons (Fsp3) is 0.0364. The van der Waals surface area contributed by atoms with Gasteiger partial charge in [0.2, 0.25) is 0 Å². The molecule has 9 aromatic carbocycles. The van der Waals surface area contributed by atoms with Gasteiger partial charge in [0.1, 0.15) is 11.2 Å². The summed E-state index contributed by atoms with van der Waals surface area (Å²) in [6, 6.07) is 60.6. The maximum absolute atomic E-state index is 7.08. The second kappa shape index (κ2) is 13.5. The van der Waals surface area contributed by atoms with Crippen LogP contribution in [0, 0.1) is 0 Å². The minimum absolute atomic E-state index is 0.612. The van der Waals surface area contributed by atoms with E-state index in [4.69, 9.17) is 19.4 Å². The maximum atomic E-state index is 7.08. The van der Waals surface area contributed by atoms with Gasteiger partial charge in [-0.2, -0.15) is 0 Å². The Hall–Kier alpha value is -7.69. The Labute approximate surface area is 340 Å². The van der Waals surface area contributed by atoms with E-state index in [1.807, 2.05) is 24.3 Å². The van der Waals surface area contributed by atoms with Gasteiger partial charge >= 0.3 is 0 Å². The van der Waals surface area contributed by atoms with Gasteiger partial charge in [0, 0.05) is 33.0 Å². The molecule has 0 unspecified atom stereocenters. The van der Waals surface area contributed by atoms with Crippen molar-refractivity contribution < 1.29 is 4.42 Å². The normalized spacial score (nSPS) is 13.0. The van der Waals surface area contributed by atoms with Crippen molar-refractivity contribution in [1.29, 1.82) is 0 Å². The maximum Gasteiger partial charge on any atom is 0.164 e. The van der Waals surface area contributed by atoms with Crippen molar-refractivity contribution in [3.05, 3.63) is 194 Å². The fourth-order valence-corrected chi connectivity index (χ4v) is 9.16. The van der Waals surface area contributed by atoms with Gasteiger partial charge in [-0.1, -0.05) is 158 Å². The average molecular weight is 754 g/mol. The Kier molecular flexibility index (Phi) is 7.63. The third-order valence-electron chi connectivity index (χ3n) is 11.9. The molecule has 0 saturated carbocycles. The summed E-state index contributed by atoms with van der Waals surface area (Å²) in [6.07, 6.45) is 8.51. The van der Waals surface area contributed by atoms with E-state index in [0.29, 0.717) is 17.5 Å². The van der Waals surface area contributed by atoms with E-state index in [1.54, 1.807) is 0 Å². The predicted molar refractivity (Wildman–Crippen MR) is 245 cm³/mol. The largest absolute Gasteiger partial charge is 0.455 e. The Balaban J connectivity index is 1.20. The first-order valence-electron chi connectivity index (χ1n) is 20.3. The fourth-order valence-electron chi connectivity index (χ4n) is 9.16. The van der Waals surface area contributed by atoms with Gasteiger partial charge < -0.3 is 4.42 Å². The summed E-state index contributed by atoms with van der Waals surface area (Å²) in [5, 5.41) is 11.7. The number of hydrogen-bond donors (Lipinski definition) is 0. The van der Waals surface area contributed by atoms with E-state index >= 15 is 0 Å². The minimum Gasteiger partial charge on any atom is -0.455 e. The third kappa shape index (κ3) is 5.49. The van der Waals surface area contributed by atoms with Gasteiger partial charge in [0.15, 0.2) is 17.5 Å². The monoisotopic (exact) mass is 753 g/mol. The number of fused-ring (bicyclic) bond motifs is 9. The molecule has 0 radical (unpaired) electrons. The average Bonchev–Trinajstić information content (AvgIpc) is 3.70. The highest BCUT2D eigenvalue weighted by Crippen LogP contribution is 2.47. The van der Waals surface area contributed by atoms with Crippen molar-refractivity contribution >= 4 is 70.6 Å². The van der Waals surface area contributed by atoms with Crippen LogP contribution in [0.2, 0.25) is 0 Å². The number of benzene rings is 9. The minimum atomic E-state index is 0.612. The van der Waals surface area contributed by atoms with Crippen LogP contribution in [0.5, 0.6) is 0 Å². The number of rotatable bonds is 5. The van der Waals surface area contributed by atoms with Crippen molar-refractivity contribution in [3.8, 4) is 45.0 Å². The first kappa shape index (κ1) is 33.4. The van der Waals surface area contributed by atoms with Crippen LogP contribution in [-0.2, 0) is 0 Å². The zero-order valence-corrected chi connectivity index (χ0v) is 32.1. The topological polar surface area (TPSA) is 51.8 Å². The van der Waals surface area contributed by atoms with Gasteiger partial charge in [-0.25, -0.2) is 15.0 Å². The molecule has 4 nitrogen and oxygen atoms in total. The molecule has 0 fully saturated rings. The molecule has 2 aromatic heterocycles. The lowest BCUT2D eigenvalue weighted by atomic mass is 9.88. The second-order valence-electron chi connectivity index (χ2n) is 15.4. The number of furan rings is 1. The van der Waals surface area contributed by atoms with Crippen molar-refractivity contribution in [2.24, 2.45) is 0 Å². The van der Waals surface area contributed by atoms with E-state index in [1.165, 1.54) is 48.7 Å². The van der Waals surface area contributed by atoms with Crippen LogP contribution in [0.4, 0.5) is 0 Å². The van der Waals surface area contributed by atoms with E-state index in [2.05, 4.69) is 164 Å². The zero-order chi connectivity index (χ0) is 38.9. The Morgan fingerprint density at radius 3 is 1.71 bits per heavy atom. The quantitative estimate of drug-likeness (QED) is 0.164. The lowest BCUT2D eigenvalue weighted by Crippen LogP contribution is -2.03. The molecule has 4 heteroatoms. The van der Waals surface area contributed by atoms with Crippen molar-refractivity contribution in [2.45, 2.75) is 12.8 Å². The first-order valence-corrected chi connectivity index (χ1v) is 20.3. The van der Waals surface area contributed by atoms with Crippen LogP contribution in [0.1, 0.15) is 18.7 Å². The van der Waals surface area contributed by atoms with E-state index in [-0.39, 0.29) is 0 Å². The molecule has 0 N–H and O–H groups in total. The highest BCUT2D eigenvalue weighted by Gasteiger charge is 2.23. The van der Waals surface area contributed by atoms with Crippen LogP contribution >= 0.6 is 0 Å². The Morgan fingerprint density at radius 1 is 0.390 bits per heavy atom. The van der Waals surface area contributed by atoms with Crippen LogP contribution in [0.25, 0.3) is 116 Å². The number of allylic oxidation sites excluding steroid dienone is 4. The SMILES string of the molecule is C1=CC(c2nc(-c3ccccc3)nc(-c3cccc4oc5c(-c6cc7ccccc7c7ccccc67)cc(-c6cc7ccccc7c7ccccc67)cc5c34)n2)=CCC1. The van der Waals surface area contributed by atoms with Crippen molar-refractivity contribution in [1.82, 2.24) is 15.0 Å². The molecule has 0 bridgehead atoms.